The molecular formula is C19H32O7S2. The summed E-state index contributed by atoms with van der Waals surface area (Å²) in [7, 11) is -8.46. The molecule has 4 fully saturated rings. The number of sulfone groups is 1. The SMILES string of the molecule is CC(C)COS(=O)(=O)C(CC(=O)OCC12CC3CC(CC(C3)C1)C2)S(C)(=O)=O. The highest BCUT2D eigenvalue weighted by Crippen LogP contribution is 2.60. The van der Waals surface area contributed by atoms with E-state index in [-0.39, 0.29) is 24.5 Å². The van der Waals surface area contributed by atoms with E-state index in [0.29, 0.717) is 17.8 Å². The van der Waals surface area contributed by atoms with E-state index in [4.69, 9.17) is 8.92 Å². The van der Waals surface area contributed by atoms with E-state index in [0.717, 1.165) is 25.5 Å². The molecule has 1 atom stereocenters. The lowest BCUT2D eigenvalue weighted by Crippen LogP contribution is -2.48. The molecular weight excluding hydrogens is 404 g/mol. The van der Waals surface area contributed by atoms with E-state index in [2.05, 4.69) is 0 Å². The molecule has 4 rings (SSSR count). The second-order valence-electron chi connectivity index (χ2n) is 9.71. The van der Waals surface area contributed by atoms with Gasteiger partial charge in [0.2, 0.25) is 0 Å². The Morgan fingerprint density at radius 3 is 1.93 bits per heavy atom. The van der Waals surface area contributed by atoms with Crippen molar-refractivity contribution in [3.63, 3.8) is 0 Å². The van der Waals surface area contributed by atoms with E-state index in [1.165, 1.54) is 19.3 Å². The molecule has 1 unspecified atom stereocenters. The van der Waals surface area contributed by atoms with Crippen LogP contribution in [0.1, 0.15) is 58.8 Å². The molecule has 0 spiro atoms. The lowest BCUT2D eigenvalue weighted by Gasteiger charge is -2.56. The molecule has 162 valence electrons. The Kier molecular flexibility index (Phi) is 6.19. The molecule has 0 radical (unpaired) electrons. The standard InChI is InChI=1S/C19H32O7S2/c1-13(2)11-26-28(23,24)18(27(3,21)22)7-17(20)25-12-19-8-14-4-15(9-19)6-16(5-14)10-19/h13-16,18H,4-12H2,1-3H3. The number of hydrogen-bond donors (Lipinski definition) is 0. The minimum Gasteiger partial charge on any atom is -0.465 e. The molecule has 7 nitrogen and oxygen atoms in total. The molecule has 4 bridgehead atoms. The van der Waals surface area contributed by atoms with Crippen LogP contribution < -0.4 is 0 Å². The first kappa shape index (κ1) is 22.0. The van der Waals surface area contributed by atoms with Gasteiger partial charge in [0.05, 0.1) is 19.6 Å². The molecule has 4 aliphatic carbocycles. The Labute approximate surface area is 168 Å². The fourth-order valence-corrected chi connectivity index (χ4v) is 8.94. The van der Waals surface area contributed by atoms with Crippen LogP contribution in [0.5, 0.6) is 0 Å². The Bertz CT molecular complexity index is 763. The van der Waals surface area contributed by atoms with Crippen LogP contribution in [0.4, 0.5) is 0 Å². The maximum atomic E-state index is 12.4. The predicted molar refractivity (Wildman–Crippen MR) is 105 cm³/mol. The molecule has 4 saturated carbocycles. The zero-order chi connectivity index (χ0) is 20.7. The number of ether oxygens (including phenoxy) is 1. The number of rotatable bonds is 9. The van der Waals surface area contributed by atoms with Gasteiger partial charge in [-0.15, -0.1) is 0 Å². The molecule has 0 aromatic carbocycles. The van der Waals surface area contributed by atoms with Crippen LogP contribution in [0.2, 0.25) is 0 Å². The van der Waals surface area contributed by atoms with Crippen molar-refractivity contribution in [1.82, 2.24) is 0 Å². The largest absolute Gasteiger partial charge is 0.465 e. The molecule has 9 heteroatoms. The fraction of sp³-hybridized carbons (Fsp3) is 0.947. The van der Waals surface area contributed by atoms with Crippen molar-refractivity contribution in [2.75, 3.05) is 19.5 Å². The van der Waals surface area contributed by atoms with Crippen molar-refractivity contribution in [3.05, 3.63) is 0 Å². The second kappa shape index (κ2) is 7.87. The maximum absolute atomic E-state index is 12.4. The smallest absolute Gasteiger partial charge is 0.308 e. The minimum atomic E-state index is -4.42. The van der Waals surface area contributed by atoms with Crippen LogP contribution in [0.25, 0.3) is 0 Å². The van der Waals surface area contributed by atoms with Crippen molar-refractivity contribution in [2.24, 2.45) is 29.1 Å². The minimum absolute atomic E-state index is 0.00197. The van der Waals surface area contributed by atoms with Gasteiger partial charge in [0.1, 0.15) is 0 Å². The van der Waals surface area contributed by atoms with Crippen molar-refractivity contribution >= 4 is 25.9 Å². The Morgan fingerprint density at radius 2 is 1.50 bits per heavy atom. The first-order valence-corrected chi connectivity index (χ1v) is 13.5. The normalized spacial score (nSPS) is 33.2. The van der Waals surface area contributed by atoms with Gasteiger partial charge in [0.15, 0.2) is 14.4 Å². The number of hydrogen-bond acceptors (Lipinski definition) is 7. The summed E-state index contributed by atoms with van der Waals surface area (Å²) < 4.78 is 57.1. The van der Waals surface area contributed by atoms with Gasteiger partial charge in [0, 0.05) is 11.7 Å². The summed E-state index contributed by atoms with van der Waals surface area (Å²) in [6.45, 7) is 3.64. The van der Waals surface area contributed by atoms with E-state index in [9.17, 15) is 21.6 Å². The zero-order valence-electron chi connectivity index (χ0n) is 16.9. The Hall–Kier alpha value is -0.670. The first-order chi connectivity index (χ1) is 12.9. The van der Waals surface area contributed by atoms with Gasteiger partial charge in [-0.25, -0.2) is 8.42 Å². The van der Waals surface area contributed by atoms with Gasteiger partial charge in [-0.2, -0.15) is 8.42 Å². The first-order valence-electron chi connectivity index (χ1n) is 10.1. The number of carbonyl (C=O) groups excluding carboxylic acids is 1. The van der Waals surface area contributed by atoms with Gasteiger partial charge in [-0.3, -0.25) is 8.98 Å². The summed E-state index contributed by atoms with van der Waals surface area (Å²) >= 11 is 0. The highest BCUT2D eigenvalue weighted by molar-refractivity contribution is 8.06. The quantitative estimate of drug-likeness (QED) is 0.404. The van der Waals surface area contributed by atoms with Gasteiger partial charge < -0.3 is 4.74 Å². The summed E-state index contributed by atoms with van der Waals surface area (Å²) in [6, 6.07) is 0. The summed E-state index contributed by atoms with van der Waals surface area (Å²) in [5.74, 6) is 1.25. The van der Waals surface area contributed by atoms with E-state index < -0.39 is 36.9 Å². The second-order valence-corrected chi connectivity index (χ2v) is 14.0. The summed E-state index contributed by atoms with van der Waals surface area (Å²) in [4.78, 5) is 12.4. The molecule has 28 heavy (non-hydrogen) atoms. The zero-order valence-corrected chi connectivity index (χ0v) is 18.6. The van der Waals surface area contributed by atoms with E-state index in [1.54, 1.807) is 13.8 Å². The monoisotopic (exact) mass is 436 g/mol. The molecule has 0 aromatic heterocycles. The topological polar surface area (TPSA) is 104 Å². The molecule has 0 saturated heterocycles. The van der Waals surface area contributed by atoms with Crippen molar-refractivity contribution in [2.45, 2.75) is 63.4 Å². The van der Waals surface area contributed by atoms with Gasteiger partial charge >= 0.3 is 5.97 Å². The maximum Gasteiger partial charge on any atom is 0.308 e. The van der Waals surface area contributed by atoms with Crippen molar-refractivity contribution in [3.8, 4) is 0 Å². The van der Waals surface area contributed by atoms with Gasteiger partial charge in [0.25, 0.3) is 10.1 Å². The molecule has 0 aromatic rings. The number of carbonyl (C=O) groups is 1. The summed E-state index contributed by atoms with van der Waals surface area (Å²) in [5, 5.41) is 0. The Morgan fingerprint density at radius 1 is 1.00 bits per heavy atom. The number of esters is 1. The fourth-order valence-electron chi connectivity index (χ4n) is 5.67. The third kappa shape index (κ3) is 5.08. The van der Waals surface area contributed by atoms with Crippen molar-refractivity contribution in [1.29, 1.82) is 0 Å². The highest BCUT2D eigenvalue weighted by atomic mass is 32.3. The summed E-state index contributed by atoms with van der Waals surface area (Å²) in [5.41, 5.74) is -0.00197. The van der Waals surface area contributed by atoms with E-state index in [1.807, 2.05) is 0 Å². The van der Waals surface area contributed by atoms with Crippen LogP contribution >= 0.6 is 0 Å². The third-order valence-electron chi connectivity index (χ3n) is 6.40. The van der Waals surface area contributed by atoms with Gasteiger partial charge in [-0.1, -0.05) is 13.8 Å². The molecule has 0 amide bonds. The average Bonchev–Trinajstić information content (AvgIpc) is 2.54. The van der Waals surface area contributed by atoms with E-state index >= 15 is 0 Å². The van der Waals surface area contributed by atoms with Crippen LogP contribution in [0, 0.1) is 29.1 Å². The highest BCUT2D eigenvalue weighted by Gasteiger charge is 2.51. The van der Waals surface area contributed by atoms with Crippen molar-refractivity contribution < 1.29 is 30.6 Å². The lowest BCUT2D eigenvalue weighted by atomic mass is 9.50. The van der Waals surface area contributed by atoms with Crippen LogP contribution in [0.3, 0.4) is 0 Å². The predicted octanol–water partition coefficient (Wildman–Crippen LogP) is 2.51. The summed E-state index contributed by atoms with van der Waals surface area (Å²) in [6.07, 6.45) is 7.05. The molecule has 0 N–H and O–H groups in total. The van der Waals surface area contributed by atoms with Crippen LogP contribution in [-0.2, 0) is 33.7 Å². The molecule has 4 aliphatic rings. The van der Waals surface area contributed by atoms with Crippen LogP contribution in [0.15, 0.2) is 0 Å². The van der Waals surface area contributed by atoms with Gasteiger partial charge in [-0.05, 0) is 62.2 Å². The Balaban J connectivity index is 1.61. The van der Waals surface area contributed by atoms with Crippen LogP contribution in [-0.4, -0.2) is 46.9 Å². The molecule has 0 aliphatic heterocycles. The molecule has 0 heterocycles. The lowest BCUT2D eigenvalue weighted by molar-refractivity contribution is -0.155. The third-order valence-corrected chi connectivity index (χ3v) is 10.6. The average molecular weight is 437 g/mol.